The van der Waals surface area contributed by atoms with E-state index in [1.54, 1.807) is 0 Å². The zero-order chi connectivity index (χ0) is 23.8. The Morgan fingerprint density at radius 3 is 2.56 bits per heavy atom. The van der Waals surface area contributed by atoms with Gasteiger partial charge in [-0.3, -0.25) is 19.5 Å². The van der Waals surface area contributed by atoms with Gasteiger partial charge in [0.25, 0.3) is 0 Å². The molecule has 4 rings (SSSR count). The van der Waals surface area contributed by atoms with Gasteiger partial charge >= 0.3 is 11.8 Å². The maximum Gasteiger partial charge on any atom is 0.313 e. The number of rotatable bonds is 10. The van der Waals surface area contributed by atoms with Crippen LogP contribution in [-0.2, 0) is 16.0 Å². The van der Waals surface area contributed by atoms with Crippen LogP contribution in [0.2, 0.25) is 0 Å². The summed E-state index contributed by atoms with van der Waals surface area (Å²) in [6.45, 7) is 6.34. The number of carbonyl (C=O) groups is 2. The fraction of sp³-hybridized carbons (Fsp3) is 0.500. The lowest BCUT2D eigenvalue weighted by molar-refractivity contribution is -0.136. The van der Waals surface area contributed by atoms with E-state index in [-0.39, 0.29) is 0 Å². The van der Waals surface area contributed by atoms with Crippen molar-refractivity contribution in [2.45, 2.75) is 31.7 Å². The minimum atomic E-state index is -0.613. The van der Waals surface area contributed by atoms with E-state index in [0.717, 1.165) is 63.7 Å². The first-order chi connectivity index (χ1) is 16.6. The van der Waals surface area contributed by atoms with Gasteiger partial charge in [-0.1, -0.05) is 12.1 Å². The Hall–Kier alpha value is -2.97. The monoisotopic (exact) mass is 464 g/mol. The maximum absolute atomic E-state index is 12.3. The van der Waals surface area contributed by atoms with Crippen molar-refractivity contribution in [1.82, 2.24) is 20.1 Å². The molecule has 0 bridgehead atoms. The van der Waals surface area contributed by atoms with Crippen LogP contribution in [0.25, 0.3) is 0 Å². The van der Waals surface area contributed by atoms with Crippen molar-refractivity contribution in [3.05, 3.63) is 54.4 Å². The molecule has 1 aliphatic heterocycles. The number of likely N-dealkylation sites (N-methyl/N-ethyl adjacent to an activating group) is 1. The first kappa shape index (κ1) is 24.2. The molecular weight excluding hydrogens is 428 g/mol. The fourth-order valence-electron chi connectivity index (χ4n) is 4.37. The van der Waals surface area contributed by atoms with E-state index >= 15 is 0 Å². The number of hydrogen-bond acceptors (Lipinski definition) is 6. The number of pyridine rings is 1. The van der Waals surface area contributed by atoms with Crippen molar-refractivity contribution in [1.29, 1.82) is 0 Å². The molecular formula is C26H36N6O2. The minimum absolute atomic E-state index is 0.490. The van der Waals surface area contributed by atoms with Gasteiger partial charge in [-0.25, -0.2) is 0 Å². The van der Waals surface area contributed by atoms with Crippen molar-refractivity contribution in [3.8, 4) is 0 Å². The highest BCUT2D eigenvalue weighted by atomic mass is 16.2. The first-order valence-corrected chi connectivity index (χ1v) is 12.3. The predicted molar refractivity (Wildman–Crippen MR) is 135 cm³/mol. The molecule has 1 saturated heterocycles. The number of amides is 2. The van der Waals surface area contributed by atoms with Gasteiger partial charge in [0.2, 0.25) is 0 Å². The lowest BCUT2D eigenvalue weighted by Crippen LogP contribution is -2.47. The van der Waals surface area contributed by atoms with Gasteiger partial charge in [-0.15, -0.1) is 0 Å². The fourth-order valence-corrected chi connectivity index (χ4v) is 4.37. The van der Waals surface area contributed by atoms with Crippen molar-refractivity contribution in [2.75, 3.05) is 63.1 Å². The molecule has 2 fully saturated rings. The second kappa shape index (κ2) is 11.9. The Kier molecular flexibility index (Phi) is 8.49. The van der Waals surface area contributed by atoms with Crippen LogP contribution in [0.1, 0.15) is 24.8 Å². The molecule has 182 valence electrons. The molecule has 2 amide bonds. The molecule has 0 radical (unpaired) electrons. The SMILES string of the molecule is CN(CCc1cccc(NC(=O)C(=O)NCCCN2CCN(c3ccncc3)CC2)c1)C1CC1. The Morgan fingerprint density at radius 2 is 1.82 bits per heavy atom. The van der Waals surface area contributed by atoms with Crippen LogP contribution in [0.3, 0.4) is 0 Å². The second-order valence-electron chi connectivity index (χ2n) is 9.26. The summed E-state index contributed by atoms with van der Waals surface area (Å²) < 4.78 is 0. The summed E-state index contributed by atoms with van der Waals surface area (Å²) in [7, 11) is 2.16. The van der Waals surface area contributed by atoms with Gasteiger partial charge in [0, 0.05) is 69.1 Å². The van der Waals surface area contributed by atoms with Crippen LogP contribution in [0.5, 0.6) is 0 Å². The molecule has 2 aliphatic rings. The number of anilines is 2. The summed E-state index contributed by atoms with van der Waals surface area (Å²) in [6, 6.07) is 12.6. The van der Waals surface area contributed by atoms with Crippen molar-refractivity contribution < 1.29 is 9.59 Å². The molecule has 0 atom stereocenters. The molecule has 0 spiro atoms. The number of nitrogens with one attached hydrogen (secondary N) is 2. The lowest BCUT2D eigenvalue weighted by atomic mass is 10.1. The molecule has 1 saturated carbocycles. The van der Waals surface area contributed by atoms with Gasteiger partial charge in [-0.2, -0.15) is 0 Å². The Bertz CT molecular complexity index is 941. The molecule has 1 aromatic carbocycles. The van der Waals surface area contributed by atoms with E-state index < -0.39 is 11.8 Å². The van der Waals surface area contributed by atoms with Gasteiger partial charge in [0.05, 0.1) is 0 Å². The van der Waals surface area contributed by atoms with Crippen LogP contribution in [0.4, 0.5) is 11.4 Å². The number of nitrogens with zero attached hydrogens (tertiary/aromatic N) is 4. The maximum atomic E-state index is 12.3. The Balaban J connectivity index is 1.11. The highest BCUT2D eigenvalue weighted by Gasteiger charge is 2.25. The van der Waals surface area contributed by atoms with Crippen LogP contribution in [0, 0.1) is 0 Å². The number of benzene rings is 1. The number of carbonyl (C=O) groups excluding carboxylic acids is 2. The molecule has 34 heavy (non-hydrogen) atoms. The predicted octanol–water partition coefficient (Wildman–Crippen LogP) is 1.99. The largest absolute Gasteiger partial charge is 0.369 e. The molecule has 2 heterocycles. The van der Waals surface area contributed by atoms with E-state index in [9.17, 15) is 9.59 Å². The Labute approximate surface area is 202 Å². The van der Waals surface area contributed by atoms with Crippen LogP contribution in [0.15, 0.2) is 48.8 Å². The molecule has 2 aromatic rings. The van der Waals surface area contributed by atoms with Gasteiger partial charge in [0.15, 0.2) is 0 Å². The number of aromatic nitrogens is 1. The molecule has 8 nitrogen and oxygen atoms in total. The van der Waals surface area contributed by atoms with Gasteiger partial charge < -0.3 is 20.4 Å². The van der Waals surface area contributed by atoms with Gasteiger partial charge in [-0.05, 0) is 69.1 Å². The second-order valence-corrected chi connectivity index (χ2v) is 9.26. The summed E-state index contributed by atoms with van der Waals surface area (Å²) in [6.07, 6.45) is 7.99. The molecule has 2 N–H and O–H groups in total. The third kappa shape index (κ3) is 7.27. The molecule has 8 heteroatoms. The number of hydrogen-bond donors (Lipinski definition) is 2. The van der Waals surface area contributed by atoms with Crippen LogP contribution >= 0.6 is 0 Å². The smallest absolute Gasteiger partial charge is 0.313 e. The summed E-state index contributed by atoms with van der Waals surface area (Å²) in [5, 5.41) is 5.48. The molecule has 1 aliphatic carbocycles. The van der Waals surface area contributed by atoms with Gasteiger partial charge in [0.1, 0.15) is 0 Å². The molecule has 1 aromatic heterocycles. The zero-order valence-corrected chi connectivity index (χ0v) is 20.1. The zero-order valence-electron chi connectivity index (χ0n) is 20.1. The van der Waals surface area contributed by atoms with Crippen LogP contribution in [-0.4, -0.2) is 85.5 Å². The summed E-state index contributed by atoms with van der Waals surface area (Å²) in [5.41, 5.74) is 3.04. The van der Waals surface area contributed by atoms with Crippen molar-refractivity contribution in [2.24, 2.45) is 0 Å². The average molecular weight is 465 g/mol. The normalized spacial score (nSPS) is 16.5. The van der Waals surface area contributed by atoms with E-state index in [4.69, 9.17) is 0 Å². The minimum Gasteiger partial charge on any atom is -0.369 e. The Morgan fingerprint density at radius 1 is 1.06 bits per heavy atom. The quantitative estimate of drug-likeness (QED) is 0.414. The first-order valence-electron chi connectivity index (χ1n) is 12.3. The van der Waals surface area contributed by atoms with Crippen molar-refractivity contribution in [3.63, 3.8) is 0 Å². The highest BCUT2D eigenvalue weighted by Crippen LogP contribution is 2.25. The topological polar surface area (TPSA) is 80.8 Å². The van der Waals surface area contributed by atoms with E-state index in [0.29, 0.717) is 12.2 Å². The third-order valence-electron chi connectivity index (χ3n) is 6.65. The average Bonchev–Trinajstić information content (AvgIpc) is 3.72. The molecule has 0 unspecified atom stereocenters. The summed E-state index contributed by atoms with van der Waals surface area (Å²) in [4.78, 5) is 35.8. The highest BCUT2D eigenvalue weighted by molar-refractivity contribution is 6.39. The van der Waals surface area contributed by atoms with E-state index in [1.165, 1.54) is 18.5 Å². The lowest BCUT2D eigenvalue weighted by Gasteiger charge is -2.36. The van der Waals surface area contributed by atoms with Crippen molar-refractivity contribution >= 4 is 23.2 Å². The standard InChI is InChI=1S/C26H36N6O2/c1-30(23-6-7-23)15-10-21-4-2-5-22(20-21)29-26(34)25(33)28-11-3-14-31-16-18-32(19-17-31)24-8-12-27-13-9-24/h2,4-5,8-9,12-13,20,23H,3,6-7,10-11,14-19H2,1H3,(H,28,33)(H,29,34). The van der Waals surface area contributed by atoms with E-state index in [2.05, 4.69) is 43.4 Å². The summed E-state index contributed by atoms with van der Waals surface area (Å²) >= 11 is 0. The van der Waals surface area contributed by atoms with Crippen LogP contribution < -0.4 is 15.5 Å². The number of piperazine rings is 1. The summed E-state index contributed by atoms with van der Waals surface area (Å²) in [5.74, 6) is -1.19. The third-order valence-corrected chi connectivity index (χ3v) is 6.65. The van der Waals surface area contributed by atoms with E-state index in [1.807, 2.05) is 42.7 Å².